The number of hydrogen-bond acceptors (Lipinski definition) is 5. The van der Waals surface area contributed by atoms with Crippen LogP contribution in [0.25, 0.3) is 0 Å². The zero-order valence-corrected chi connectivity index (χ0v) is 10.9. The van der Waals surface area contributed by atoms with Crippen molar-refractivity contribution in [1.29, 1.82) is 0 Å². The molecule has 20 heavy (non-hydrogen) atoms. The second-order valence-corrected chi connectivity index (χ2v) is 4.62. The minimum absolute atomic E-state index is 0.246. The highest BCUT2D eigenvalue weighted by Gasteiger charge is 2.36. The van der Waals surface area contributed by atoms with Crippen LogP contribution in [0.1, 0.15) is 26.5 Å². The first kappa shape index (κ1) is 12.3. The Balaban J connectivity index is 1.81. The molecular weight excluding hydrogens is 258 g/mol. The lowest BCUT2D eigenvalue weighted by molar-refractivity contribution is 0.0656. The molecular formula is C13H13N5O2. The van der Waals surface area contributed by atoms with E-state index in [4.69, 9.17) is 5.73 Å². The zero-order chi connectivity index (χ0) is 14.3. The molecule has 2 aromatic rings. The van der Waals surface area contributed by atoms with E-state index in [2.05, 4.69) is 10.1 Å². The van der Waals surface area contributed by atoms with E-state index in [-0.39, 0.29) is 18.4 Å². The second-order valence-electron chi connectivity index (χ2n) is 4.62. The van der Waals surface area contributed by atoms with Gasteiger partial charge in [-0.3, -0.25) is 19.2 Å². The van der Waals surface area contributed by atoms with Gasteiger partial charge in [0, 0.05) is 25.7 Å². The fourth-order valence-electron chi connectivity index (χ4n) is 2.27. The highest BCUT2D eigenvalue weighted by molar-refractivity contribution is 6.23. The van der Waals surface area contributed by atoms with E-state index >= 15 is 0 Å². The van der Waals surface area contributed by atoms with Crippen LogP contribution in [-0.4, -0.2) is 38.0 Å². The Morgan fingerprint density at radius 2 is 2.05 bits per heavy atom. The van der Waals surface area contributed by atoms with E-state index in [1.165, 1.54) is 4.90 Å². The number of nitrogen functional groups attached to an aromatic ring is 1. The van der Waals surface area contributed by atoms with Gasteiger partial charge in [-0.05, 0) is 12.1 Å². The Morgan fingerprint density at radius 1 is 1.25 bits per heavy atom. The molecule has 0 atom stereocenters. The van der Waals surface area contributed by atoms with Crippen molar-refractivity contribution >= 4 is 17.5 Å². The maximum Gasteiger partial charge on any atom is 0.263 e. The third-order valence-corrected chi connectivity index (χ3v) is 3.24. The van der Waals surface area contributed by atoms with Crippen molar-refractivity contribution in [1.82, 2.24) is 19.7 Å². The molecule has 2 amide bonds. The number of aromatic nitrogens is 3. The highest BCUT2D eigenvalue weighted by atomic mass is 16.2. The summed E-state index contributed by atoms with van der Waals surface area (Å²) in [5, 5.41) is 4.12. The lowest BCUT2D eigenvalue weighted by Crippen LogP contribution is -2.32. The number of anilines is 1. The predicted molar refractivity (Wildman–Crippen MR) is 70.9 cm³/mol. The summed E-state index contributed by atoms with van der Waals surface area (Å²) in [7, 11) is 1.76. The average molecular weight is 271 g/mol. The molecule has 0 radical (unpaired) electrons. The van der Waals surface area contributed by atoms with Crippen molar-refractivity contribution in [2.24, 2.45) is 7.05 Å². The number of rotatable bonds is 3. The molecule has 3 rings (SSSR count). The quantitative estimate of drug-likeness (QED) is 0.637. The van der Waals surface area contributed by atoms with Gasteiger partial charge in [-0.25, -0.2) is 4.98 Å². The molecule has 0 fully saturated rings. The topological polar surface area (TPSA) is 94.1 Å². The minimum Gasteiger partial charge on any atom is -0.398 e. The van der Waals surface area contributed by atoms with Gasteiger partial charge >= 0.3 is 0 Å². The molecule has 1 aromatic heterocycles. The fourth-order valence-corrected chi connectivity index (χ4v) is 2.27. The van der Waals surface area contributed by atoms with E-state index in [0.29, 0.717) is 29.1 Å². The SMILES string of the molecule is Cn1cnc(CCN2C(=O)c3cccc(N)c3C2=O)n1. The molecule has 0 saturated heterocycles. The van der Waals surface area contributed by atoms with Crippen molar-refractivity contribution in [2.45, 2.75) is 6.42 Å². The number of amides is 2. The first-order valence-corrected chi connectivity index (χ1v) is 6.17. The van der Waals surface area contributed by atoms with Crippen LogP contribution in [0.4, 0.5) is 5.69 Å². The molecule has 0 bridgehead atoms. The van der Waals surface area contributed by atoms with Crippen LogP contribution in [-0.2, 0) is 13.5 Å². The van der Waals surface area contributed by atoms with Gasteiger partial charge in [0.15, 0.2) is 5.82 Å². The number of aryl methyl sites for hydroxylation is 1. The van der Waals surface area contributed by atoms with Crippen LogP contribution >= 0.6 is 0 Å². The predicted octanol–water partition coefficient (Wildman–Crippen LogP) is 0.236. The first-order valence-electron chi connectivity index (χ1n) is 6.17. The van der Waals surface area contributed by atoms with Gasteiger partial charge < -0.3 is 5.73 Å². The largest absolute Gasteiger partial charge is 0.398 e. The summed E-state index contributed by atoms with van der Waals surface area (Å²) >= 11 is 0. The van der Waals surface area contributed by atoms with E-state index in [1.54, 1.807) is 36.3 Å². The molecule has 2 N–H and O–H groups in total. The maximum atomic E-state index is 12.2. The van der Waals surface area contributed by atoms with E-state index in [1.807, 2.05) is 0 Å². The van der Waals surface area contributed by atoms with Crippen LogP contribution in [0.2, 0.25) is 0 Å². The lowest BCUT2D eigenvalue weighted by atomic mass is 10.1. The normalized spacial score (nSPS) is 13.9. The molecule has 2 heterocycles. The molecule has 0 aliphatic carbocycles. The van der Waals surface area contributed by atoms with Gasteiger partial charge in [0.2, 0.25) is 0 Å². The number of imide groups is 1. The summed E-state index contributed by atoms with van der Waals surface area (Å²) in [5.41, 5.74) is 6.76. The molecule has 1 aliphatic heterocycles. The Bertz CT molecular complexity index is 707. The third kappa shape index (κ3) is 1.83. The van der Waals surface area contributed by atoms with Gasteiger partial charge in [0.25, 0.3) is 11.8 Å². The van der Waals surface area contributed by atoms with Crippen LogP contribution in [0.15, 0.2) is 24.5 Å². The van der Waals surface area contributed by atoms with E-state index < -0.39 is 0 Å². The second kappa shape index (κ2) is 4.44. The molecule has 102 valence electrons. The summed E-state index contributed by atoms with van der Waals surface area (Å²) in [6.45, 7) is 0.246. The van der Waals surface area contributed by atoms with Crippen molar-refractivity contribution in [3.05, 3.63) is 41.5 Å². The van der Waals surface area contributed by atoms with Crippen molar-refractivity contribution < 1.29 is 9.59 Å². The lowest BCUT2D eigenvalue weighted by Gasteiger charge is -2.12. The van der Waals surface area contributed by atoms with Crippen molar-refractivity contribution in [2.75, 3.05) is 12.3 Å². The molecule has 0 unspecified atom stereocenters. The number of nitrogens with two attached hydrogens (primary N) is 1. The van der Waals surface area contributed by atoms with Crippen LogP contribution < -0.4 is 5.73 Å². The fraction of sp³-hybridized carbons (Fsp3) is 0.231. The Kier molecular flexibility index (Phi) is 2.74. The van der Waals surface area contributed by atoms with Gasteiger partial charge in [-0.15, -0.1) is 0 Å². The molecule has 1 aromatic carbocycles. The number of hydrogen-bond donors (Lipinski definition) is 1. The standard InChI is InChI=1S/C13H13N5O2/c1-17-7-15-10(16-17)5-6-18-12(19)8-3-2-4-9(14)11(8)13(18)20/h2-4,7H,5-6,14H2,1H3. The Hall–Kier alpha value is -2.70. The monoisotopic (exact) mass is 271 g/mol. The smallest absolute Gasteiger partial charge is 0.263 e. The van der Waals surface area contributed by atoms with E-state index in [0.717, 1.165) is 0 Å². The summed E-state index contributed by atoms with van der Waals surface area (Å²) in [5.74, 6) is -0.0655. The molecule has 1 aliphatic rings. The molecule has 7 nitrogen and oxygen atoms in total. The molecule has 0 saturated carbocycles. The minimum atomic E-state index is -0.348. The van der Waals surface area contributed by atoms with E-state index in [9.17, 15) is 9.59 Å². The maximum absolute atomic E-state index is 12.2. The number of benzene rings is 1. The van der Waals surface area contributed by atoms with Gasteiger partial charge in [0.1, 0.15) is 6.33 Å². The van der Waals surface area contributed by atoms with Crippen LogP contribution in [0.5, 0.6) is 0 Å². The summed E-state index contributed by atoms with van der Waals surface area (Å²) in [6.07, 6.45) is 2.00. The first-order chi connectivity index (χ1) is 9.58. The zero-order valence-electron chi connectivity index (χ0n) is 10.9. The molecule has 7 heteroatoms. The average Bonchev–Trinajstić information content (AvgIpc) is 2.93. The van der Waals surface area contributed by atoms with Crippen molar-refractivity contribution in [3.63, 3.8) is 0 Å². The molecule has 0 spiro atoms. The number of fused-ring (bicyclic) bond motifs is 1. The van der Waals surface area contributed by atoms with Crippen molar-refractivity contribution in [3.8, 4) is 0 Å². The highest BCUT2D eigenvalue weighted by Crippen LogP contribution is 2.27. The Labute approximate surface area is 115 Å². The van der Waals surface area contributed by atoms with Crippen LogP contribution in [0, 0.1) is 0 Å². The summed E-state index contributed by atoms with van der Waals surface area (Å²) < 4.78 is 1.58. The Morgan fingerprint density at radius 3 is 2.70 bits per heavy atom. The summed E-state index contributed by atoms with van der Waals surface area (Å²) in [4.78, 5) is 29.7. The van der Waals surface area contributed by atoms with Gasteiger partial charge in [-0.2, -0.15) is 5.10 Å². The van der Waals surface area contributed by atoms with Crippen LogP contribution in [0.3, 0.4) is 0 Å². The van der Waals surface area contributed by atoms with Gasteiger partial charge in [-0.1, -0.05) is 6.07 Å². The number of nitrogens with zero attached hydrogens (tertiary/aromatic N) is 4. The third-order valence-electron chi connectivity index (χ3n) is 3.24. The number of carbonyl (C=O) groups excluding carboxylic acids is 2. The van der Waals surface area contributed by atoms with Gasteiger partial charge in [0.05, 0.1) is 11.1 Å². The number of carbonyl (C=O) groups is 2. The summed E-state index contributed by atoms with van der Waals surface area (Å²) in [6, 6.07) is 4.90.